The second kappa shape index (κ2) is 4.78. The SMILES string of the molecule is Nc1ccccc1-c1ccc(-c2ccccc2N)s1. The fourth-order valence-electron chi connectivity index (χ4n) is 2.07. The summed E-state index contributed by atoms with van der Waals surface area (Å²) >= 11 is 1.71. The molecule has 1 heterocycles. The summed E-state index contributed by atoms with van der Waals surface area (Å²) in [5, 5.41) is 0. The molecule has 0 amide bonds. The first-order chi connectivity index (χ1) is 9.25. The van der Waals surface area contributed by atoms with E-state index in [-0.39, 0.29) is 0 Å². The number of hydrogen-bond acceptors (Lipinski definition) is 3. The molecular weight excluding hydrogens is 252 g/mol. The molecule has 0 fully saturated rings. The number of thiophene rings is 1. The molecule has 4 N–H and O–H groups in total. The van der Waals surface area contributed by atoms with Gasteiger partial charge in [-0.1, -0.05) is 36.4 Å². The number of nitrogens with two attached hydrogens (primary N) is 2. The molecular formula is C16H14N2S. The molecule has 0 aliphatic rings. The molecule has 3 heteroatoms. The van der Waals surface area contributed by atoms with Crippen LogP contribution in [0.4, 0.5) is 11.4 Å². The van der Waals surface area contributed by atoms with Gasteiger partial charge in [0.2, 0.25) is 0 Å². The Kier molecular flexibility index (Phi) is 2.97. The van der Waals surface area contributed by atoms with Crippen molar-refractivity contribution < 1.29 is 0 Å². The van der Waals surface area contributed by atoms with Gasteiger partial charge in [0.05, 0.1) is 0 Å². The lowest BCUT2D eigenvalue weighted by Crippen LogP contribution is -1.87. The van der Waals surface area contributed by atoms with Gasteiger partial charge in [0.1, 0.15) is 0 Å². The Balaban J connectivity index is 2.06. The van der Waals surface area contributed by atoms with Gasteiger partial charge >= 0.3 is 0 Å². The van der Waals surface area contributed by atoms with Gasteiger partial charge in [-0.25, -0.2) is 0 Å². The van der Waals surface area contributed by atoms with E-state index in [1.807, 2.05) is 48.5 Å². The number of rotatable bonds is 2. The maximum absolute atomic E-state index is 6.01. The van der Waals surface area contributed by atoms with Gasteiger partial charge in [-0.05, 0) is 24.3 Å². The highest BCUT2D eigenvalue weighted by atomic mass is 32.1. The summed E-state index contributed by atoms with van der Waals surface area (Å²) in [5.74, 6) is 0. The van der Waals surface area contributed by atoms with Crippen molar-refractivity contribution in [1.29, 1.82) is 0 Å². The molecule has 0 spiro atoms. The smallest absolute Gasteiger partial charge is 0.0401 e. The summed E-state index contributed by atoms with van der Waals surface area (Å²) in [6.45, 7) is 0. The lowest BCUT2D eigenvalue weighted by Gasteiger charge is -2.03. The fraction of sp³-hybridized carbons (Fsp3) is 0. The normalized spacial score (nSPS) is 10.5. The molecule has 2 nitrogen and oxygen atoms in total. The van der Waals surface area contributed by atoms with Crippen molar-refractivity contribution in [2.24, 2.45) is 0 Å². The highest BCUT2D eigenvalue weighted by molar-refractivity contribution is 7.19. The third-order valence-corrected chi connectivity index (χ3v) is 4.21. The first-order valence-electron chi connectivity index (χ1n) is 6.05. The van der Waals surface area contributed by atoms with Gasteiger partial charge in [-0.3, -0.25) is 0 Å². The molecule has 0 saturated heterocycles. The molecule has 0 aliphatic heterocycles. The van der Waals surface area contributed by atoms with E-state index in [1.165, 1.54) is 0 Å². The van der Waals surface area contributed by atoms with E-state index in [1.54, 1.807) is 11.3 Å². The topological polar surface area (TPSA) is 52.0 Å². The Bertz CT molecular complexity index is 656. The predicted octanol–water partition coefficient (Wildman–Crippen LogP) is 4.25. The van der Waals surface area contributed by atoms with Crippen LogP contribution in [-0.2, 0) is 0 Å². The third-order valence-electron chi connectivity index (χ3n) is 3.06. The zero-order valence-corrected chi connectivity index (χ0v) is 11.2. The molecule has 0 saturated carbocycles. The predicted molar refractivity (Wildman–Crippen MR) is 84.0 cm³/mol. The highest BCUT2D eigenvalue weighted by Crippen LogP contribution is 2.38. The van der Waals surface area contributed by atoms with Crippen LogP contribution in [0.1, 0.15) is 0 Å². The van der Waals surface area contributed by atoms with Gasteiger partial charge in [-0.2, -0.15) is 0 Å². The molecule has 3 aromatic rings. The quantitative estimate of drug-likeness (QED) is 0.681. The molecule has 0 radical (unpaired) electrons. The van der Waals surface area contributed by atoms with Gasteiger partial charge in [0, 0.05) is 32.3 Å². The minimum atomic E-state index is 0.803. The lowest BCUT2D eigenvalue weighted by atomic mass is 10.1. The minimum absolute atomic E-state index is 0.803. The molecule has 0 aliphatic carbocycles. The Morgan fingerprint density at radius 3 is 1.42 bits per heavy atom. The van der Waals surface area contributed by atoms with Crippen LogP contribution in [0.3, 0.4) is 0 Å². The summed E-state index contributed by atoms with van der Waals surface area (Å²) in [6.07, 6.45) is 0. The molecule has 19 heavy (non-hydrogen) atoms. The molecule has 3 rings (SSSR count). The van der Waals surface area contributed by atoms with E-state index < -0.39 is 0 Å². The zero-order valence-electron chi connectivity index (χ0n) is 10.3. The van der Waals surface area contributed by atoms with Crippen molar-refractivity contribution in [2.45, 2.75) is 0 Å². The van der Waals surface area contributed by atoms with Crippen molar-refractivity contribution in [1.82, 2.24) is 0 Å². The van der Waals surface area contributed by atoms with Crippen LogP contribution in [0.25, 0.3) is 20.9 Å². The summed E-state index contributed by atoms with van der Waals surface area (Å²) in [7, 11) is 0. The monoisotopic (exact) mass is 266 g/mol. The van der Waals surface area contributed by atoms with Crippen LogP contribution >= 0.6 is 11.3 Å². The van der Waals surface area contributed by atoms with Gasteiger partial charge < -0.3 is 11.5 Å². The standard InChI is InChI=1S/C16H14N2S/c17-13-7-3-1-5-11(13)15-9-10-16(19-15)12-6-2-4-8-14(12)18/h1-10H,17-18H2. The Labute approximate surface area is 116 Å². The van der Waals surface area contributed by atoms with Gasteiger partial charge in [-0.15, -0.1) is 11.3 Å². The average Bonchev–Trinajstić information content (AvgIpc) is 2.89. The van der Waals surface area contributed by atoms with Gasteiger partial charge in [0.25, 0.3) is 0 Å². The van der Waals surface area contributed by atoms with Crippen molar-refractivity contribution in [3.05, 3.63) is 60.7 Å². The van der Waals surface area contributed by atoms with E-state index >= 15 is 0 Å². The molecule has 1 aromatic heterocycles. The number of anilines is 2. The van der Waals surface area contributed by atoms with Crippen molar-refractivity contribution in [3.63, 3.8) is 0 Å². The van der Waals surface area contributed by atoms with E-state index in [0.29, 0.717) is 0 Å². The van der Waals surface area contributed by atoms with Crippen molar-refractivity contribution in [2.75, 3.05) is 11.5 Å². The van der Waals surface area contributed by atoms with Crippen LogP contribution in [0.15, 0.2) is 60.7 Å². The molecule has 2 aromatic carbocycles. The van der Waals surface area contributed by atoms with Crippen molar-refractivity contribution in [3.8, 4) is 20.9 Å². The minimum Gasteiger partial charge on any atom is -0.398 e. The Hall–Kier alpha value is -2.26. The first kappa shape index (κ1) is 11.8. The number of para-hydroxylation sites is 2. The number of benzene rings is 2. The number of hydrogen-bond donors (Lipinski definition) is 2. The van der Waals surface area contributed by atoms with Crippen LogP contribution < -0.4 is 11.5 Å². The van der Waals surface area contributed by atoms with Gasteiger partial charge in [0.15, 0.2) is 0 Å². The Morgan fingerprint density at radius 1 is 0.579 bits per heavy atom. The maximum atomic E-state index is 6.01. The van der Waals surface area contributed by atoms with E-state index in [2.05, 4.69) is 12.1 Å². The van der Waals surface area contributed by atoms with Crippen LogP contribution in [-0.4, -0.2) is 0 Å². The van der Waals surface area contributed by atoms with Crippen LogP contribution in [0.2, 0.25) is 0 Å². The van der Waals surface area contributed by atoms with E-state index in [9.17, 15) is 0 Å². The first-order valence-corrected chi connectivity index (χ1v) is 6.87. The molecule has 94 valence electrons. The Morgan fingerprint density at radius 2 is 1.00 bits per heavy atom. The van der Waals surface area contributed by atoms with E-state index in [4.69, 9.17) is 11.5 Å². The summed E-state index contributed by atoms with van der Waals surface area (Å²) in [4.78, 5) is 2.33. The summed E-state index contributed by atoms with van der Waals surface area (Å²) < 4.78 is 0. The second-order valence-electron chi connectivity index (χ2n) is 4.34. The van der Waals surface area contributed by atoms with Crippen molar-refractivity contribution >= 4 is 22.7 Å². The summed E-state index contributed by atoms with van der Waals surface area (Å²) in [6, 6.07) is 20.0. The molecule has 0 bridgehead atoms. The van der Waals surface area contributed by atoms with Crippen LogP contribution in [0, 0.1) is 0 Å². The maximum Gasteiger partial charge on any atom is 0.0401 e. The largest absolute Gasteiger partial charge is 0.398 e. The third kappa shape index (κ3) is 2.20. The zero-order chi connectivity index (χ0) is 13.2. The lowest BCUT2D eigenvalue weighted by molar-refractivity contribution is 1.67. The number of nitrogen functional groups attached to an aromatic ring is 2. The summed E-state index contributed by atoms with van der Waals surface area (Å²) in [5.41, 5.74) is 15.8. The second-order valence-corrected chi connectivity index (χ2v) is 5.42. The average molecular weight is 266 g/mol. The molecule has 0 atom stereocenters. The van der Waals surface area contributed by atoms with E-state index in [0.717, 1.165) is 32.3 Å². The molecule has 0 unspecified atom stereocenters. The fourth-order valence-corrected chi connectivity index (χ4v) is 3.17. The van der Waals surface area contributed by atoms with Crippen LogP contribution in [0.5, 0.6) is 0 Å². The highest BCUT2D eigenvalue weighted by Gasteiger charge is 2.08.